The van der Waals surface area contributed by atoms with Crippen LogP contribution in [-0.4, -0.2) is 53.5 Å². The van der Waals surface area contributed by atoms with Crippen LogP contribution in [0.5, 0.6) is 0 Å². The van der Waals surface area contributed by atoms with Crippen molar-refractivity contribution >= 4 is 46.7 Å². The first kappa shape index (κ1) is 20.1. The molecule has 1 saturated heterocycles. The Morgan fingerprint density at radius 1 is 1.38 bits per heavy atom. The molecule has 1 heterocycles. The Morgan fingerprint density at radius 3 is 2.73 bits per heavy atom. The number of halogens is 1. The van der Waals surface area contributed by atoms with E-state index in [0.29, 0.717) is 36.7 Å². The van der Waals surface area contributed by atoms with Gasteiger partial charge in [-0.25, -0.2) is 0 Å². The fourth-order valence-corrected chi connectivity index (χ4v) is 2.87. The molecule has 1 fully saturated rings. The Morgan fingerprint density at radius 2 is 2.08 bits per heavy atom. The lowest BCUT2D eigenvalue weighted by Gasteiger charge is -2.36. The number of nitrogens with one attached hydrogen (secondary N) is 2. The summed E-state index contributed by atoms with van der Waals surface area (Å²) >= 11 is 11.1. The number of rotatable bonds is 5. The topological polar surface area (TPSA) is 87.7 Å². The zero-order valence-electron chi connectivity index (χ0n) is 14.3. The van der Waals surface area contributed by atoms with E-state index in [1.54, 1.807) is 24.3 Å². The molecule has 2 N–H and O–H groups in total. The highest BCUT2D eigenvalue weighted by molar-refractivity contribution is 7.80. The molecule has 9 heteroatoms. The summed E-state index contributed by atoms with van der Waals surface area (Å²) in [7, 11) is 0. The van der Waals surface area contributed by atoms with Gasteiger partial charge in [0.1, 0.15) is 6.04 Å². The first-order chi connectivity index (χ1) is 12.4. The van der Waals surface area contributed by atoms with E-state index in [1.165, 1.54) is 4.90 Å². The molecule has 1 aliphatic heterocycles. The molecular weight excluding hydrogens is 378 g/mol. The van der Waals surface area contributed by atoms with Gasteiger partial charge in [-0.15, -0.1) is 0 Å². The molecule has 0 spiro atoms. The SMILES string of the molecule is CCCOC(=O)C[C@@H]1C(=O)NCCN1C(=S)NC(=O)c1ccc(Cl)cc1. The summed E-state index contributed by atoms with van der Waals surface area (Å²) in [6.45, 7) is 2.94. The first-order valence-corrected chi connectivity index (χ1v) is 9.02. The maximum Gasteiger partial charge on any atom is 0.308 e. The third-order valence-electron chi connectivity index (χ3n) is 3.75. The van der Waals surface area contributed by atoms with Crippen LogP contribution < -0.4 is 10.6 Å². The molecule has 7 nitrogen and oxygen atoms in total. The lowest BCUT2D eigenvalue weighted by atomic mass is 10.1. The number of nitrogens with zero attached hydrogens (tertiary/aromatic N) is 1. The second-order valence-corrected chi connectivity index (χ2v) is 6.51. The summed E-state index contributed by atoms with van der Waals surface area (Å²) in [5.41, 5.74) is 0.386. The van der Waals surface area contributed by atoms with Crippen LogP contribution in [0.4, 0.5) is 0 Å². The molecule has 1 aromatic carbocycles. The summed E-state index contributed by atoms with van der Waals surface area (Å²) in [6, 6.07) is 5.53. The van der Waals surface area contributed by atoms with E-state index in [0.717, 1.165) is 0 Å². The number of piperazine rings is 1. The number of benzene rings is 1. The Labute approximate surface area is 162 Å². The third-order valence-corrected chi connectivity index (χ3v) is 4.33. The van der Waals surface area contributed by atoms with Crippen molar-refractivity contribution in [2.24, 2.45) is 0 Å². The fourth-order valence-electron chi connectivity index (χ4n) is 2.44. The molecule has 1 atom stereocenters. The van der Waals surface area contributed by atoms with Crippen molar-refractivity contribution in [2.75, 3.05) is 19.7 Å². The van der Waals surface area contributed by atoms with Gasteiger partial charge >= 0.3 is 5.97 Å². The zero-order valence-corrected chi connectivity index (χ0v) is 15.9. The average Bonchev–Trinajstić information content (AvgIpc) is 2.62. The van der Waals surface area contributed by atoms with E-state index < -0.39 is 17.9 Å². The summed E-state index contributed by atoms with van der Waals surface area (Å²) < 4.78 is 5.04. The number of ether oxygens (including phenoxy) is 1. The maximum atomic E-state index is 12.3. The second kappa shape index (κ2) is 9.49. The van der Waals surface area contributed by atoms with Crippen LogP contribution in [0.15, 0.2) is 24.3 Å². The zero-order chi connectivity index (χ0) is 19.1. The standard InChI is InChI=1S/C17H20ClN3O4S/c1-2-9-25-14(22)10-13-16(24)19-7-8-21(13)17(26)20-15(23)11-3-5-12(18)6-4-11/h3-6,13H,2,7-10H2,1H3,(H,19,24)(H,20,23,26)/t13-/m1/s1. The van der Waals surface area contributed by atoms with Gasteiger partial charge in [0.05, 0.1) is 13.0 Å². The van der Waals surface area contributed by atoms with Crippen molar-refractivity contribution in [3.63, 3.8) is 0 Å². The van der Waals surface area contributed by atoms with Crippen LogP contribution >= 0.6 is 23.8 Å². The Balaban J connectivity index is 2.03. The molecule has 1 aliphatic rings. The molecule has 0 saturated carbocycles. The number of esters is 1. The Bertz CT molecular complexity index is 696. The van der Waals surface area contributed by atoms with E-state index in [4.69, 9.17) is 28.6 Å². The highest BCUT2D eigenvalue weighted by Gasteiger charge is 2.34. The van der Waals surface area contributed by atoms with Crippen LogP contribution in [0.1, 0.15) is 30.1 Å². The molecule has 2 rings (SSSR count). The van der Waals surface area contributed by atoms with Gasteiger partial charge in [0.25, 0.3) is 5.91 Å². The molecule has 0 aromatic heterocycles. The van der Waals surface area contributed by atoms with Crippen LogP contribution in [-0.2, 0) is 14.3 Å². The van der Waals surface area contributed by atoms with Crippen molar-refractivity contribution in [1.29, 1.82) is 0 Å². The van der Waals surface area contributed by atoms with Crippen molar-refractivity contribution in [1.82, 2.24) is 15.5 Å². The number of thiocarbonyl (C=S) groups is 1. The smallest absolute Gasteiger partial charge is 0.308 e. The maximum absolute atomic E-state index is 12.3. The van der Waals surface area contributed by atoms with Gasteiger partial charge in [0.15, 0.2) is 5.11 Å². The molecule has 2 amide bonds. The highest BCUT2D eigenvalue weighted by atomic mass is 35.5. The minimum absolute atomic E-state index is 0.0908. The van der Waals surface area contributed by atoms with Gasteiger partial charge in [-0.3, -0.25) is 19.7 Å². The minimum atomic E-state index is -0.814. The summed E-state index contributed by atoms with van der Waals surface area (Å²) in [5.74, 6) is -1.22. The van der Waals surface area contributed by atoms with Gasteiger partial charge in [0, 0.05) is 23.7 Å². The van der Waals surface area contributed by atoms with E-state index in [1.807, 2.05) is 6.92 Å². The number of carbonyl (C=O) groups is 3. The van der Waals surface area contributed by atoms with Crippen LogP contribution in [0.3, 0.4) is 0 Å². The molecule has 1 aromatic rings. The molecular formula is C17H20ClN3O4S. The van der Waals surface area contributed by atoms with Crippen LogP contribution in [0.2, 0.25) is 5.02 Å². The molecule has 0 unspecified atom stereocenters. The highest BCUT2D eigenvalue weighted by Crippen LogP contribution is 2.12. The van der Waals surface area contributed by atoms with E-state index in [-0.39, 0.29) is 17.4 Å². The number of hydrogen-bond acceptors (Lipinski definition) is 5. The number of amides is 2. The van der Waals surface area contributed by atoms with Gasteiger partial charge in [0.2, 0.25) is 5.91 Å². The quantitative estimate of drug-likeness (QED) is 0.578. The minimum Gasteiger partial charge on any atom is -0.466 e. The Kier molecular flexibility index (Phi) is 7.35. The largest absolute Gasteiger partial charge is 0.466 e. The third kappa shape index (κ3) is 5.40. The van der Waals surface area contributed by atoms with Gasteiger partial charge < -0.3 is 15.0 Å². The van der Waals surface area contributed by atoms with Crippen molar-refractivity contribution < 1.29 is 19.1 Å². The van der Waals surface area contributed by atoms with E-state index in [9.17, 15) is 14.4 Å². The second-order valence-electron chi connectivity index (χ2n) is 5.69. The van der Waals surface area contributed by atoms with E-state index >= 15 is 0 Å². The molecule has 140 valence electrons. The molecule has 26 heavy (non-hydrogen) atoms. The fraction of sp³-hybridized carbons (Fsp3) is 0.412. The van der Waals surface area contributed by atoms with Gasteiger partial charge in [-0.2, -0.15) is 0 Å². The molecule has 0 bridgehead atoms. The summed E-state index contributed by atoms with van der Waals surface area (Å²) in [4.78, 5) is 37.9. The predicted octanol–water partition coefficient (Wildman–Crippen LogP) is 1.50. The van der Waals surface area contributed by atoms with Gasteiger partial charge in [-0.1, -0.05) is 18.5 Å². The lowest BCUT2D eigenvalue weighted by Crippen LogP contribution is -2.60. The number of hydrogen-bond donors (Lipinski definition) is 2. The number of carbonyl (C=O) groups excluding carboxylic acids is 3. The van der Waals surface area contributed by atoms with Gasteiger partial charge in [-0.05, 0) is 42.9 Å². The monoisotopic (exact) mass is 397 g/mol. The van der Waals surface area contributed by atoms with E-state index in [2.05, 4.69) is 10.6 Å². The normalized spacial score (nSPS) is 16.6. The summed E-state index contributed by atoms with van der Waals surface area (Å²) in [6.07, 6.45) is 0.560. The van der Waals surface area contributed by atoms with Crippen LogP contribution in [0.25, 0.3) is 0 Å². The van der Waals surface area contributed by atoms with Crippen molar-refractivity contribution in [2.45, 2.75) is 25.8 Å². The first-order valence-electron chi connectivity index (χ1n) is 8.23. The van der Waals surface area contributed by atoms with Crippen molar-refractivity contribution in [3.05, 3.63) is 34.9 Å². The predicted molar refractivity (Wildman–Crippen MR) is 101 cm³/mol. The summed E-state index contributed by atoms with van der Waals surface area (Å²) in [5, 5.41) is 5.90. The molecule has 0 aliphatic carbocycles. The average molecular weight is 398 g/mol. The van der Waals surface area contributed by atoms with Crippen LogP contribution in [0, 0.1) is 0 Å². The van der Waals surface area contributed by atoms with Crippen molar-refractivity contribution in [3.8, 4) is 0 Å². The Hall–Kier alpha value is -2.19. The lowest BCUT2D eigenvalue weighted by molar-refractivity contribution is -0.147. The molecule has 0 radical (unpaired) electrons.